The Morgan fingerprint density at radius 1 is 1.05 bits per heavy atom. The summed E-state index contributed by atoms with van der Waals surface area (Å²) >= 11 is 6.01. The van der Waals surface area contributed by atoms with Gasteiger partial charge in [-0.05, 0) is 48.4 Å². The number of fused-ring (bicyclic) bond motifs is 1. The summed E-state index contributed by atoms with van der Waals surface area (Å²) in [6.07, 6.45) is 2.17. The van der Waals surface area contributed by atoms with Gasteiger partial charge in [-0.25, -0.2) is 0 Å². The molecule has 94 valence electrons. The molecule has 0 aliphatic carbocycles. The molecule has 0 saturated carbocycles. The Kier molecular flexibility index (Phi) is 3.14. The highest BCUT2D eigenvalue weighted by atomic mass is 35.5. The van der Waals surface area contributed by atoms with E-state index in [9.17, 15) is 0 Å². The molecule has 0 atom stereocenters. The molecule has 1 heterocycles. The Morgan fingerprint density at radius 3 is 2.63 bits per heavy atom. The number of H-pyrrole nitrogens is 1. The normalized spacial score (nSPS) is 12.0. The number of halogens is 1. The fourth-order valence-corrected chi connectivity index (χ4v) is 2.37. The molecule has 0 aliphatic heterocycles. The smallest absolute Gasteiger partial charge is 0.0459 e. The number of rotatable bonds is 2. The van der Waals surface area contributed by atoms with E-state index in [1.54, 1.807) is 0 Å². The third kappa shape index (κ3) is 2.56. The average Bonchev–Trinajstić information content (AvgIpc) is 2.83. The quantitative estimate of drug-likeness (QED) is 0.641. The molecule has 3 rings (SSSR count). The highest BCUT2D eigenvalue weighted by Gasteiger charge is 2.03. The Labute approximate surface area is 117 Å². The highest BCUT2D eigenvalue weighted by molar-refractivity contribution is 6.31. The summed E-state index contributed by atoms with van der Waals surface area (Å²) in [5, 5.41) is 1.91. The summed E-state index contributed by atoms with van der Waals surface area (Å²) in [5.41, 5.74) is 4.65. The Balaban J connectivity index is 2.02. The van der Waals surface area contributed by atoms with Gasteiger partial charge in [0.1, 0.15) is 0 Å². The van der Waals surface area contributed by atoms with Gasteiger partial charge in [0.05, 0.1) is 0 Å². The maximum Gasteiger partial charge on any atom is 0.0459 e. The van der Waals surface area contributed by atoms with Gasteiger partial charge in [0.25, 0.3) is 0 Å². The lowest BCUT2D eigenvalue weighted by atomic mass is 10.1. The van der Waals surface area contributed by atoms with Crippen molar-refractivity contribution in [3.8, 4) is 0 Å². The first-order valence-corrected chi connectivity index (χ1v) is 6.62. The topological polar surface area (TPSA) is 15.8 Å². The minimum atomic E-state index is 0.766. The second-order valence-electron chi connectivity index (χ2n) is 4.65. The van der Waals surface area contributed by atoms with Gasteiger partial charge in [-0.15, -0.1) is 0 Å². The first-order valence-electron chi connectivity index (χ1n) is 6.24. The fourth-order valence-electron chi connectivity index (χ4n) is 2.19. The van der Waals surface area contributed by atoms with Gasteiger partial charge in [0.15, 0.2) is 0 Å². The average molecular weight is 268 g/mol. The van der Waals surface area contributed by atoms with Crippen LogP contribution in [0.5, 0.6) is 0 Å². The van der Waals surface area contributed by atoms with Crippen molar-refractivity contribution in [2.45, 2.75) is 6.92 Å². The third-order valence-electron chi connectivity index (χ3n) is 3.19. The zero-order valence-electron chi connectivity index (χ0n) is 10.7. The first-order chi connectivity index (χ1) is 9.22. The van der Waals surface area contributed by atoms with Crippen LogP contribution in [0, 0.1) is 0 Å². The second kappa shape index (κ2) is 4.94. The summed E-state index contributed by atoms with van der Waals surface area (Å²) in [7, 11) is 0. The largest absolute Gasteiger partial charge is 0.355 e. The Bertz CT molecular complexity index is 738. The van der Waals surface area contributed by atoms with Crippen LogP contribution in [0.2, 0.25) is 5.02 Å². The molecule has 1 N–H and O–H groups in total. The predicted octanol–water partition coefficient (Wildman–Crippen LogP) is 5.38. The van der Waals surface area contributed by atoms with E-state index in [0.29, 0.717) is 0 Å². The lowest BCUT2D eigenvalue weighted by molar-refractivity contribution is 1.39. The van der Waals surface area contributed by atoms with Gasteiger partial charge >= 0.3 is 0 Å². The molecule has 1 aromatic heterocycles. The Morgan fingerprint density at radius 2 is 1.84 bits per heavy atom. The zero-order chi connectivity index (χ0) is 13.2. The van der Waals surface area contributed by atoms with Gasteiger partial charge in [0, 0.05) is 21.6 Å². The molecule has 0 bridgehead atoms. The second-order valence-corrected chi connectivity index (χ2v) is 5.09. The SMILES string of the molecule is C/C(=C\c1ccccc1)c1cc2cc(Cl)ccc2[nH]1. The molecule has 0 aliphatic rings. The number of aromatic amines is 1. The number of hydrogen-bond donors (Lipinski definition) is 1. The monoisotopic (exact) mass is 267 g/mol. The molecular weight excluding hydrogens is 254 g/mol. The van der Waals surface area contributed by atoms with Crippen LogP contribution < -0.4 is 0 Å². The number of nitrogens with one attached hydrogen (secondary N) is 1. The van der Waals surface area contributed by atoms with Crippen LogP contribution >= 0.6 is 11.6 Å². The van der Waals surface area contributed by atoms with E-state index < -0.39 is 0 Å². The van der Waals surface area contributed by atoms with E-state index >= 15 is 0 Å². The van der Waals surface area contributed by atoms with Crippen LogP contribution in [0.25, 0.3) is 22.6 Å². The number of benzene rings is 2. The van der Waals surface area contributed by atoms with Crippen LogP contribution in [0.4, 0.5) is 0 Å². The highest BCUT2D eigenvalue weighted by Crippen LogP contribution is 2.24. The lowest BCUT2D eigenvalue weighted by Crippen LogP contribution is -1.79. The number of aromatic nitrogens is 1. The van der Waals surface area contributed by atoms with Gasteiger partial charge in [-0.1, -0.05) is 41.9 Å². The molecule has 3 aromatic rings. The zero-order valence-corrected chi connectivity index (χ0v) is 11.4. The number of allylic oxidation sites excluding steroid dienone is 1. The molecule has 0 radical (unpaired) electrons. The Hall–Kier alpha value is -1.99. The van der Waals surface area contributed by atoms with Gasteiger partial charge in [-0.3, -0.25) is 0 Å². The van der Waals surface area contributed by atoms with Crippen LogP contribution in [0.1, 0.15) is 18.2 Å². The van der Waals surface area contributed by atoms with Crippen molar-refractivity contribution in [3.63, 3.8) is 0 Å². The number of hydrogen-bond acceptors (Lipinski definition) is 0. The molecule has 2 heteroatoms. The third-order valence-corrected chi connectivity index (χ3v) is 3.43. The summed E-state index contributed by atoms with van der Waals surface area (Å²) in [6, 6.07) is 18.3. The van der Waals surface area contributed by atoms with E-state index in [-0.39, 0.29) is 0 Å². The van der Waals surface area contributed by atoms with E-state index in [1.165, 1.54) is 11.1 Å². The molecule has 0 unspecified atom stereocenters. The molecule has 0 saturated heterocycles. The van der Waals surface area contributed by atoms with Crippen LogP contribution in [-0.4, -0.2) is 4.98 Å². The minimum Gasteiger partial charge on any atom is -0.355 e. The van der Waals surface area contributed by atoms with Gasteiger partial charge < -0.3 is 4.98 Å². The molecule has 1 nitrogen and oxygen atoms in total. The van der Waals surface area contributed by atoms with Crippen molar-refractivity contribution in [2.24, 2.45) is 0 Å². The van der Waals surface area contributed by atoms with Crippen LogP contribution in [0.3, 0.4) is 0 Å². The molecule has 19 heavy (non-hydrogen) atoms. The minimum absolute atomic E-state index is 0.766. The summed E-state index contributed by atoms with van der Waals surface area (Å²) < 4.78 is 0. The molecule has 0 fully saturated rings. The first kappa shape index (κ1) is 12.1. The van der Waals surface area contributed by atoms with Gasteiger partial charge in [-0.2, -0.15) is 0 Å². The molecular formula is C17H14ClN. The summed E-state index contributed by atoms with van der Waals surface area (Å²) in [5.74, 6) is 0. The molecule has 0 amide bonds. The van der Waals surface area contributed by atoms with Gasteiger partial charge in [0.2, 0.25) is 0 Å². The van der Waals surface area contributed by atoms with E-state index in [4.69, 9.17) is 11.6 Å². The van der Waals surface area contributed by atoms with Crippen molar-refractivity contribution in [2.75, 3.05) is 0 Å². The lowest BCUT2D eigenvalue weighted by Gasteiger charge is -1.98. The standard InChI is InChI=1S/C17H14ClN/c1-12(9-13-5-3-2-4-6-13)17-11-14-10-15(18)7-8-16(14)19-17/h2-11,19H,1H3/b12-9+. The molecule has 2 aromatic carbocycles. The maximum absolute atomic E-state index is 6.01. The van der Waals surface area contributed by atoms with Crippen molar-refractivity contribution >= 4 is 34.2 Å². The van der Waals surface area contributed by atoms with E-state index in [0.717, 1.165) is 21.6 Å². The van der Waals surface area contributed by atoms with Crippen LogP contribution in [-0.2, 0) is 0 Å². The van der Waals surface area contributed by atoms with E-state index in [1.807, 2.05) is 36.4 Å². The maximum atomic E-state index is 6.01. The summed E-state index contributed by atoms with van der Waals surface area (Å²) in [4.78, 5) is 3.42. The van der Waals surface area contributed by atoms with Crippen molar-refractivity contribution in [1.29, 1.82) is 0 Å². The predicted molar refractivity (Wildman–Crippen MR) is 83.3 cm³/mol. The fraction of sp³-hybridized carbons (Fsp3) is 0.0588. The van der Waals surface area contributed by atoms with Crippen molar-refractivity contribution in [3.05, 3.63) is 70.9 Å². The van der Waals surface area contributed by atoms with Crippen molar-refractivity contribution in [1.82, 2.24) is 4.98 Å². The summed E-state index contributed by atoms with van der Waals surface area (Å²) in [6.45, 7) is 2.11. The van der Waals surface area contributed by atoms with Crippen molar-refractivity contribution < 1.29 is 0 Å². The van der Waals surface area contributed by atoms with Crippen LogP contribution in [0.15, 0.2) is 54.6 Å². The van der Waals surface area contributed by atoms with E-state index in [2.05, 4.69) is 36.2 Å². The molecule has 0 spiro atoms.